The van der Waals surface area contributed by atoms with Gasteiger partial charge in [-0.25, -0.2) is 0 Å². The van der Waals surface area contributed by atoms with E-state index in [9.17, 15) is 0 Å². The number of hydrogen-bond donors (Lipinski definition) is 0. The second-order valence-electron chi connectivity index (χ2n) is 20.1. The number of hydrogen-bond acceptors (Lipinski definition) is 2. The van der Waals surface area contributed by atoms with Crippen molar-refractivity contribution in [3.05, 3.63) is 161 Å². The molecule has 2 nitrogen and oxygen atoms in total. The molecular weight excluding hydrogens is 737 g/mol. The Balaban J connectivity index is 1.40. The second kappa shape index (κ2) is 16.8. The minimum Gasteiger partial charge on any atom is -0.344 e. The molecule has 2 heteroatoms. The topological polar surface area (TPSA) is 6.48 Å². The monoisotopic (exact) mass is 805 g/mol. The highest BCUT2D eigenvalue weighted by atomic mass is 15.2. The Hall–Kier alpha value is -5.34. The lowest BCUT2D eigenvalue weighted by Gasteiger charge is -2.35. The molecule has 7 aromatic rings. The molecule has 0 fully saturated rings. The van der Waals surface area contributed by atoms with Crippen LogP contribution in [0.3, 0.4) is 0 Å². The van der Waals surface area contributed by atoms with Gasteiger partial charge in [0.1, 0.15) is 0 Å². The quantitative estimate of drug-likeness (QED) is 0.0651. The van der Waals surface area contributed by atoms with E-state index in [0.717, 1.165) is 0 Å². The molecule has 1 aliphatic carbocycles. The fraction of sp³-hybridized carbons (Fsp3) is 0.356. The molecule has 0 spiro atoms. The van der Waals surface area contributed by atoms with Crippen molar-refractivity contribution in [2.45, 2.75) is 130 Å². The number of unbranched alkanes of at least 4 members (excludes halogenated alkanes) is 4. The molecule has 0 radical (unpaired) electrons. The third kappa shape index (κ3) is 7.88. The molecule has 61 heavy (non-hydrogen) atoms. The maximum atomic E-state index is 2.61. The number of aryl methyl sites for hydroxylation is 1. The predicted octanol–water partition coefficient (Wildman–Crippen LogP) is 17.6. The second-order valence-corrected chi connectivity index (χ2v) is 20.1. The van der Waals surface area contributed by atoms with Gasteiger partial charge in [-0.05, 0) is 100 Å². The number of nitrogens with zero attached hydrogens (tertiary/aromatic N) is 2. The van der Waals surface area contributed by atoms with Crippen LogP contribution in [0.25, 0.3) is 32.7 Å². The van der Waals surface area contributed by atoms with Crippen LogP contribution in [0.4, 0.5) is 28.4 Å². The van der Waals surface area contributed by atoms with Gasteiger partial charge >= 0.3 is 0 Å². The van der Waals surface area contributed by atoms with Gasteiger partial charge in [0.25, 0.3) is 0 Å². The summed E-state index contributed by atoms with van der Waals surface area (Å²) in [5.41, 5.74) is 16.1. The average molecular weight is 805 g/mol. The van der Waals surface area contributed by atoms with Gasteiger partial charge in [0.2, 0.25) is 0 Å². The number of fused-ring (bicyclic) bond motifs is 5. The lowest BCUT2D eigenvalue weighted by atomic mass is 9.70. The Bertz CT molecular complexity index is 2580. The highest BCUT2D eigenvalue weighted by Gasteiger charge is 2.43. The zero-order valence-corrected chi connectivity index (χ0v) is 38.8. The standard InChI is InChI=1S/C59H68N2/c1-11-13-19-37-59(38-20-14-12-2)53-39-41(3)25-35-47(53)48-36-34-46(40-54(48)59)61(45-32-28-43(29-33-45)58(7,8)9)56-51-23-17-15-21-49(51)55(50-22-16-18-24-52(50)56)60(10)44-30-26-42(27-31-44)57(4,5)6/h15-18,21-36,39-40H,11-14,19-20,37-38H2,1-10H3. The summed E-state index contributed by atoms with van der Waals surface area (Å²) in [5.74, 6) is 0. The van der Waals surface area contributed by atoms with Crippen LogP contribution in [0.15, 0.2) is 133 Å². The summed E-state index contributed by atoms with van der Waals surface area (Å²) in [6, 6.07) is 51.6. The average Bonchev–Trinajstić information content (AvgIpc) is 3.50. The van der Waals surface area contributed by atoms with Gasteiger partial charge in [-0.3, -0.25) is 0 Å². The van der Waals surface area contributed by atoms with Crippen molar-refractivity contribution in [1.82, 2.24) is 0 Å². The molecule has 0 bridgehead atoms. The summed E-state index contributed by atoms with van der Waals surface area (Å²) in [5, 5.41) is 4.97. The van der Waals surface area contributed by atoms with Crippen LogP contribution >= 0.6 is 0 Å². The zero-order valence-electron chi connectivity index (χ0n) is 38.8. The molecule has 0 N–H and O–H groups in total. The Morgan fingerprint density at radius 2 is 0.885 bits per heavy atom. The summed E-state index contributed by atoms with van der Waals surface area (Å²) >= 11 is 0. The molecule has 0 amide bonds. The van der Waals surface area contributed by atoms with E-state index in [4.69, 9.17) is 0 Å². The van der Waals surface area contributed by atoms with Gasteiger partial charge in [0.15, 0.2) is 0 Å². The first-order valence-corrected chi connectivity index (χ1v) is 23.2. The Kier molecular flexibility index (Phi) is 11.7. The van der Waals surface area contributed by atoms with Crippen molar-refractivity contribution in [3.63, 3.8) is 0 Å². The smallest absolute Gasteiger partial charge is 0.0619 e. The number of rotatable bonds is 13. The van der Waals surface area contributed by atoms with Crippen LogP contribution in [0, 0.1) is 6.92 Å². The van der Waals surface area contributed by atoms with Crippen LogP contribution in [0.2, 0.25) is 0 Å². The Morgan fingerprint density at radius 3 is 1.36 bits per heavy atom. The first-order chi connectivity index (χ1) is 29.3. The molecule has 314 valence electrons. The summed E-state index contributed by atoms with van der Waals surface area (Å²) in [7, 11) is 2.24. The van der Waals surface area contributed by atoms with Crippen LogP contribution < -0.4 is 9.80 Å². The third-order valence-corrected chi connectivity index (χ3v) is 13.7. The summed E-state index contributed by atoms with van der Waals surface area (Å²) in [4.78, 5) is 5.00. The molecule has 1 aliphatic rings. The van der Waals surface area contributed by atoms with Gasteiger partial charge in [-0.15, -0.1) is 0 Å². The fourth-order valence-electron chi connectivity index (χ4n) is 10.3. The summed E-state index contributed by atoms with van der Waals surface area (Å²) in [6.45, 7) is 20.7. The maximum absolute atomic E-state index is 2.61. The first kappa shape index (κ1) is 42.4. The Morgan fingerprint density at radius 1 is 0.459 bits per heavy atom. The summed E-state index contributed by atoms with van der Waals surface area (Å²) in [6.07, 6.45) is 9.81. The van der Waals surface area contributed by atoms with Gasteiger partial charge < -0.3 is 9.80 Å². The van der Waals surface area contributed by atoms with Crippen molar-refractivity contribution in [3.8, 4) is 11.1 Å². The van der Waals surface area contributed by atoms with Crippen LogP contribution in [0.5, 0.6) is 0 Å². The molecule has 0 unspecified atom stereocenters. The van der Waals surface area contributed by atoms with Gasteiger partial charge in [0, 0.05) is 51.1 Å². The molecule has 0 saturated carbocycles. The predicted molar refractivity (Wildman–Crippen MR) is 267 cm³/mol. The minimum absolute atomic E-state index is 0.0158. The molecule has 0 aromatic heterocycles. The molecule has 0 heterocycles. The van der Waals surface area contributed by atoms with Crippen molar-refractivity contribution in [2.24, 2.45) is 0 Å². The van der Waals surface area contributed by atoms with Crippen LogP contribution in [0.1, 0.15) is 135 Å². The summed E-state index contributed by atoms with van der Waals surface area (Å²) < 4.78 is 0. The van der Waals surface area contributed by atoms with Crippen LogP contribution in [-0.4, -0.2) is 7.05 Å². The van der Waals surface area contributed by atoms with E-state index in [2.05, 4.69) is 213 Å². The van der Waals surface area contributed by atoms with Crippen molar-refractivity contribution >= 4 is 50.0 Å². The maximum Gasteiger partial charge on any atom is 0.0619 e. The number of anilines is 5. The SMILES string of the molecule is CCCCCC1(CCCCC)c2cc(C)ccc2-c2ccc(N(c3ccc(C(C)(C)C)cc3)c3c4ccccc4c(N(C)c4ccc(C(C)(C)C)cc4)c4ccccc34)cc21. The van der Waals surface area contributed by atoms with Gasteiger partial charge in [-0.2, -0.15) is 0 Å². The fourth-order valence-corrected chi connectivity index (χ4v) is 10.3. The lowest BCUT2D eigenvalue weighted by molar-refractivity contribution is 0.405. The van der Waals surface area contributed by atoms with Crippen LogP contribution in [-0.2, 0) is 16.2 Å². The zero-order chi connectivity index (χ0) is 43.1. The van der Waals surface area contributed by atoms with E-state index in [1.54, 1.807) is 5.56 Å². The minimum atomic E-state index is -0.0158. The molecule has 7 aromatic carbocycles. The third-order valence-electron chi connectivity index (χ3n) is 13.7. The lowest BCUT2D eigenvalue weighted by Crippen LogP contribution is -2.26. The van der Waals surface area contributed by atoms with Crippen molar-refractivity contribution in [1.29, 1.82) is 0 Å². The van der Waals surface area contributed by atoms with Gasteiger partial charge in [-0.1, -0.05) is 197 Å². The van der Waals surface area contributed by atoms with E-state index in [0.29, 0.717) is 0 Å². The Labute approximate surface area is 367 Å². The van der Waals surface area contributed by atoms with Crippen molar-refractivity contribution < 1.29 is 0 Å². The molecular formula is C59H68N2. The molecule has 0 atom stereocenters. The van der Waals surface area contributed by atoms with E-state index >= 15 is 0 Å². The first-order valence-electron chi connectivity index (χ1n) is 23.2. The number of benzene rings is 7. The van der Waals surface area contributed by atoms with E-state index in [-0.39, 0.29) is 16.2 Å². The largest absolute Gasteiger partial charge is 0.344 e. The van der Waals surface area contributed by atoms with Gasteiger partial charge in [0.05, 0.1) is 11.4 Å². The van der Waals surface area contributed by atoms with E-state index in [1.807, 2.05) is 0 Å². The molecule has 8 rings (SSSR count). The van der Waals surface area contributed by atoms with Crippen molar-refractivity contribution in [2.75, 3.05) is 16.8 Å². The highest BCUT2D eigenvalue weighted by Crippen LogP contribution is 2.57. The normalized spacial score (nSPS) is 13.4. The van der Waals surface area contributed by atoms with E-state index in [1.165, 1.54) is 135 Å². The molecule has 0 aliphatic heterocycles. The van der Waals surface area contributed by atoms with E-state index < -0.39 is 0 Å². The highest BCUT2D eigenvalue weighted by molar-refractivity contribution is 6.22. The molecule has 0 saturated heterocycles.